The Balaban J connectivity index is 1.68. The maximum absolute atomic E-state index is 12.8. The number of nitrogens with one attached hydrogen (secondary N) is 1. The number of esters is 1. The fourth-order valence-corrected chi connectivity index (χ4v) is 3.82. The molecule has 2 fully saturated rings. The average molecular weight is 396 g/mol. The number of amides is 2. The van der Waals surface area contributed by atoms with Gasteiger partial charge in [-0.3, -0.25) is 14.4 Å². The third-order valence-electron chi connectivity index (χ3n) is 4.89. The van der Waals surface area contributed by atoms with Gasteiger partial charge < -0.3 is 9.64 Å². The molecule has 7 heteroatoms. The van der Waals surface area contributed by atoms with Gasteiger partial charge in [-0.25, -0.2) is 4.90 Å². The summed E-state index contributed by atoms with van der Waals surface area (Å²) in [6.45, 7) is 1.41. The summed E-state index contributed by atoms with van der Waals surface area (Å²) in [6.07, 6.45) is 1.61. The largest absolute Gasteiger partial charge is 0.469 e. The van der Waals surface area contributed by atoms with Crippen molar-refractivity contribution >= 4 is 39.4 Å². The third-order valence-corrected chi connectivity index (χ3v) is 5.42. The lowest BCUT2D eigenvalue weighted by Crippen LogP contribution is -3.17. The number of hydrogen-bond donors (Lipinski definition) is 1. The molecule has 2 heterocycles. The summed E-state index contributed by atoms with van der Waals surface area (Å²) in [6, 6.07) is 6.82. The van der Waals surface area contributed by atoms with Gasteiger partial charge in [0.15, 0.2) is 6.04 Å². The number of carbonyl (C=O) groups is 3. The van der Waals surface area contributed by atoms with Crippen LogP contribution in [0.1, 0.15) is 19.3 Å². The van der Waals surface area contributed by atoms with Crippen LogP contribution in [-0.2, 0) is 19.1 Å². The number of likely N-dealkylation sites (tertiary alicyclic amines) is 1. The van der Waals surface area contributed by atoms with Gasteiger partial charge in [0, 0.05) is 17.3 Å². The molecule has 0 saturated carbocycles. The predicted molar refractivity (Wildman–Crippen MR) is 90.5 cm³/mol. The van der Waals surface area contributed by atoms with Gasteiger partial charge in [0.25, 0.3) is 5.91 Å². The maximum Gasteiger partial charge on any atom is 0.309 e. The summed E-state index contributed by atoms with van der Waals surface area (Å²) in [5.74, 6) is -0.573. The Kier molecular flexibility index (Phi) is 5.01. The first-order valence-electron chi connectivity index (χ1n) is 8.06. The minimum absolute atomic E-state index is 0.0893. The smallest absolute Gasteiger partial charge is 0.309 e. The van der Waals surface area contributed by atoms with E-state index in [4.69, 9.17) is 4.74 Å². The number of anilines is 1. The van der Waals surface area contributed by atoms with E-state index in [-0.39, 0.29) is 36.2 Å². The number of carbonyl (C=O) groups excluding carboxylic acids is 3. The van der Waals surface area contributed by atoms with E-state index in [0.29, 0.717) is 31.6 Å². The number of ether oxygens (including phenoxy) is 1. The highest BCUT2D eigenvalue weighted by molar-refractivity contribution is 9.10. The monoisotopic (exact) mass is 395 g/mol. The van der Waals surface area contributed by atoms with Gasteiger partial charge >= 0.3 is 5.97 Å². The molecule has 2 aliphatic rings. The number of quaternary nitrogens is 1. The number of imide groups is 1. The molecule has 0 spiro atoms. The Bertz CT molecular complexity index is 653. The van der Waals surface area contributed by atoms with E-state index in [1.807, 2.05) is 12.1 Å². The van der Waals surface area contributed by atoms with E-state index in [1.165, 1.54) is 12.0 Å². The van der Waals surface area contributed by atoms with Crippen molar-refractivity contribution in [2.24, 2.45) is 5.92 Å². The fourth-order valence-electron chi connectivity index (χ4n) is 3.55. The number of benzene rings is 1. The van der Waals surface area contributed by atoms with Crippen LogP contribution < -0.4 is 9.80 Å². The number of hydrogen-bond acceptors (Lipinski definition) is 4. The van der Waals surface area contributed by atoms with Crippen LogP contribution in [0, 0.1) is 5.92 Å². The molecule has 1 aromatic rings. The van der Waals surface area contributed by atoms with Crippen LogP contribution in [0.5, 0.6) is 0 Å². The predicted octanol–water partition coefficient (Wildman–Crippen LogP) is 0.549. The number of rotatable bonds is 3. The topological polar surface area (TPSA) is 68.1 Å². The van der Waals surface area contributed by atoms with Crippen LogP contribution in [-0.4, -0.2) is 44.0 Å². The van der Waals surface area contributed by atoms with Crippen LogP contribution >= 0.6 is 15.9 Å². The Morgan fingerprint density at radius 3 is 2.42 bits per heavy atom. The fraction of sp³-hybridized carbons (Fsp3) is 0.471. The van der Waals surface area contributed by atoms with Gasteiger partial charge in [-0.05, 0) is 24.3 Å². The first-order valence-corrected chi connectivity index (χ1v) is 8.85. The van der Waals surface area contributed by atoms with Gasteiger partial charge in [-0.1, -0.05) is 15.9 Å². The van der Waals surface area contributed by atoms with Gasteiger partial charge in [0.2, 0.25) is 5.91 Å². The Labute approximate surface area is 148 Å². The first kappa shape index (κ1) is 17.1. The van der Waals surface area contributed by atoms with Crippen molar-refractivity contribution in [1.82, 2.24) is 0 Å². The van der Waals surface area contributed by atoms with Crippen LogP contribution in [0.25, 0.3) is 0 Å². The molecule has 6 nitrogen and oxygen atoms in total. The summed E-state index contributed by atoms with van der Waals surface area (Å²) in [5, 5.41) is 0. The van der Waals surface area contributed by atoms with Crippen molar-refractivity contribution in [3.8, 4) is 0 Å². The van der Waals surface area contributed by atoms with Crippen LogP contribution in [0.4, 0.5) is 5.69 Å². The molecule has 1 atom stereocenters. The average Bonchev–Trinajstić information content (AvgIpc) is 2.90. The van der Waals surface area contributed by atoms with E-state index >= 15 is 0 Å². The first-order chi connectivity index (χ1) is 11.5. The summed E-state index contributed by atoms with van der Waals surface area (Å²) in [4.78, 5) is 39.1. The molecule has 0 unspecified atom stereocenters. The maximum atomic E-state index is 12.8. The molecule has 0 aromatic heterocycles. The second-order valence-corrected chi connectivity index (χ2v) is 7.17. The van der Waals surface area contributed by atoms with Crippen molar-refractivity contribution in [2.45, 2.75) is 25.3 Å². The number of nitrogens with zero attached hydrogens (tertiary/aromatic N) is 1. The van der Waals surface area contributed by atoms with Crippen molar-refractivity contribution in [1.29, 1.82) is 0 Å². The molecule has 128 valence electrons. The number of piperidine rings is 1. The Morgan fingerprint density at radius 1 is 1.21 bits per heavy atom. The lowest BCUT2D eigenvalue weighted by atomic mass is 9.95. The van der Waals surface area contributed by atoms with Gasteiger partial charge in [-0.2, -0.15) is 0 Å². The summed E-state index contributed by atoms with van der Waals surface area (Å²) < 4.78 is 5.69. The summed E-state index contributed by atoms with van der Waals surface area (Å²) >= 11 is 3.35. The molecule has 2 saturated heterocycles. The molecule has 24 heavy (non-hydrogen) atoms. The van der Waals surface area contributed by atoms with Gasteiger partial charge in [0.1, 0.15) is 0 Å². The zero-order valence-corrected chi connectivity index (χ0v) is 15.0. The quantitative estimate of drug-likeness (QED) is 0.599. The Morgan fingerprint density at radius 2 is 1.83 bits per heavy atom. The van der Waals surface area contributed by atoms with E-state index in [0.717, 1.165) is 9.37 Å². The highest BCUT2D eigenvalue weighted by Gasteiger charge is 2.47. The van der Waals surface area contributed by atoms with E-state index in [2.05, 4.69) is 15.9 Å². The molecule has 0 radical (unpaired) electrons. The minimum Gasteiger partial charge on any atom is -0.469 e. The highest BCUT2D eigenvalue weighted by atomic mass is 79.9. The molecular formula is C17H20BrN2O4+. The molecule has 1 aromatic carbocycles. The van der Waals surface area contributed by atoms with E-state index in [1.54, 1.807) is 12.1 Å². The van der Waals surface area contributed by atoms with E-state index in [9.17, 15) is 14.4 Å². The number of methoxy groups -OCH3 is 1. The second-order valence-electron chi connectivity index (χ2n) is 6.26. The summed E-state index contributed by atoms with van der Waals surface area (Å²) in [7, 11) is 1.40. The molecule has 1 N–H and O–H groups in total. The zero-order chi connectivity index (χ0) is 17.3. The van der Waals surface area contributed by atoms with Crippen LogP contribution in [0.2, 0.25) is 0 Å². The van der Waals surface area contributed by atoms with Crippen LogP contribution in [0.3, 0.4) is 0 Å². The van der Waals surface area contributed by atoms with Gasteiger partial charge in [-0.15, -0.1) is 0 Å². The second kappa shape index (κ2) is 7.03. The summed E-state index contributed by atoms with van der Waals surface area (Å²) in [5.41, 5.74) is 0.611. The molecule has 0 aliphatic carbocycles. The van der Waals surface area contributed by atoms with Crippen molar-refractivity contribution in [2.75, 3.05) is 25.1 Å². The van der Waals surface area contributed by atoms with Crippen LogP contribution in [0.15, 0.2) is 28.7 Å². The van der Waals surface area contributed by atoms with Gasteiger partial charge in [0.05, 0.1) is 38.2 Å². The normalized spacial score (nSPS) is 27.4. The molecule has 0 bridgehead atoms. The highest BCUT2D eigenvalue weighted by Crippen LogP contribution is 2.24. The standard InChI is InChI=1S/C17H19BrN2O4/c1-24-17(23)11-6-8-19(9-7-11)14-10-15(21)20(16(14)22)13-4-2-12(18)3-5-13/h2-5,11,14H,6-10H2,1H3/p+1/t14-/m0/s1. The van der Waals surface area contributed by atoms with E-state index < -0.39 is 0 Å². The lowest BCUT2D eigenvalue weighted by molar-refractivity contribution is -0.920. The lowest BCUT2D eigenvalue weighted by Gasteiger charge is -2.30. The molecule has 2 aliphatic heterocycles. The molecule has 3 rings (SSSR count). The Hall–Kier alpha value is -1.73. The van der Waals surface area contributed by atoms with Crippen molar-refractivity contribution < 1.29 is 24.0 Å². The van der Waals surface area contributed by atoms with Crippen molar-refractivity contribution in [3.05, 3.63) is 28.7 Å². The number of halogens is 1. The SMILES string of the molecule is COC(=O)C1CC[NH+]([C@H]2CC(=O)N(c3ccc(Br)cc3)C2=O)CC1. The zero-order valence-electron chi connectivity index (χ0n) is 13.5. The minimum atomic E-state index is -0.347. The molecule has 2 amide bonds. The van der Waals surface area contributed by atoms with Crippen molar-refractivity contribution in [3.63, 3.8) is 0 Å². The third kappa shape index (κ3) is 3.23. The molecular weight excluding hydrogens is 376 g/mol.